The van der Waals surface area contributed by atoms with Crippen molar-refractivity contribution < 1.29 is 9.47 Å². The summed E-state index contributed by atoms with van der Waals surface area (Å²) in [5.41, 5.74) is 5.67. The SMILES string of the molecule is COCCn1c(CN)nnc1C1CCOC1C. The molecule has 0 radical (unpaired) electrons. The van der Waals surface area contributed by atoms with Crippen molar-refractivity contribution in [2.24, 2.45) is 5.73 Å². The number of rotatable bonds is 5. The van der Waals surface area contributed by atoms with E-state index in [2.05, 4.69) is 21.7 Å². The minimum absolute atomic E-state index is 0.200. The zero-order chi connectivity index (χ0) is 12.3. The van der Waals surface area contributed by atoms with Crippen LogP contribution in [0.3, 0.4) is 0 Å². The minimum atomic E-state index is 0.200. The molecule has 6 nitrogen and oxygen atoms in total. The fraction of sp³-hybridized carbons (Fsp3) is 0.818. The Kier molecular flexibility index (Phi) is 4.09. The van der Waals surface area contributed by atoms with Crippen LogP contribution in [0.4, 0.5) is 0 Å². The molecule has 0 bridgehead atoms. The van der Waals surface area contributed by atoms with E-state index in [1.165, 1.54) is 0 Å². The van der Waals surface area contributed by atoms with Gasteiger partial charge in [0.1, 0.15) is 11.6 Å². The Hall–Kier alpha value is -0.980. The van der Waals surface area contributed by atoms with Gasteiger partial charge in [-0.25, -0.2) is 0 Å². The van der Waals surface area contributed by atoms with Crippen LogP contribution in [0.15, 0.2) is 0 Å². The molecule has 17 heavy (non-hydrogen) atoms. The van der Waals surface area contributed by atoms with Crippen LogP contribution < -0.4 is 5.73 Å². The third kappa shape index (κ3) is 2.48. The molecule has 0 saturated carbocycles. The van der Waals surface area contributed by atoms with Crippen LogP contribution in [0.2, 0.25) is 0 Å². The van der Waals surface area contributed by atoms with Gasteiger partial charge >= 0.3 is 0 Å². The lowest BCUT2D eigenvalue weighted by atomic mass is 10.0. The van der Waals surface area contributed by atoms with Crippen molar-refractivity contribution in [2.45, 2.75) is 38.5 Å². The molecule has 96 valence electrons. The van der Waals surface area contributed by atoms with Gasteiger partial charge in [0.2, 0.25) is 0 Å². The van der Waals surface area contributed by atoms with Gasteiger partial charge in [-0.1, -0.05) is 0 Å². The van der Waals surface area contributed by atoms with Crippen LogP contribution in [0, 0.1) is 0 Å². The van der Waals surface area contributed by atoms with E-state index in [4.69, 9.17) is 15.2 Å². The summed E-state index contributed by atoms with van der Waals surface area (Å²) < 4.78 is 12.8. The maximum atomic E-state index is 5.67. The van der Waals surface area contributed by atoms with Crippen LogP contribution in [-0.4, -0.2) is 41.2 Å². The van der Waals surface area contributed by atoms with Crippen LogP contribution in [0.5, 0.6) is 0 Å². The highest BCUT2D eigenvalue weighted by molar-refractivity contribution is 5.06. The fourth-order valence-corrected chi connectivity index (χ4v) is 2.27. The van der Waals surface area contributed by atoms with Crippen molar-refractivity contribution in [3.05, 3.63) is 11.6 Å². The number of aromatic nitrogens is 3. The third-order valence-corrected chi connectivity index (χ3v) is 3.27. The van der Waals surface area contributed by atoms with E-state index < -0.39 is 0 Å². The Morgan fingerprint density at radius 1 is 1.53 bits per heavy atom. The maximum absolute atomic E-state index is 5.67. The lowest BCUT2D eigenvalue weighted by Crippen LogP contribution is -2.19. The quantitative estimate of drug-likeness (QED) is 0.800. The maximum Gasteiger partial charge on any atom is 0.146 e. The molecule has 1 aromatic heterocycles. The number of hydrogen-bond acceptors (Lipinski definition) is 5. The average Bonchev–Trinajstić information content (AvgIpc) is 2.91. The largest absolute Gasteiger partial charge is 0.383 e. The Bertz CT molecular complexity index is 366. The van der Waals surface area contributed by atoms with Gasteiger partial charge in [-0.3, -0.25) is 0 Å². The van der Waals surface area contributed by atoms with Gasteiger partial charge in [0.25, 0.3) is 0 Å². The second-order valence-electron chi connectivity index (χ2n) is 4.29. The first kappa shape index (κ1) is 12.5. The lowest BCUT2D eigenvalue weighted by Gasteiger charge is -2.15. The van der Waals surface area contributed by atoms with Gasteiger partial charge < -0.3 is 19.8 Å². The summed E-state index contributed by atoms with van der Waals surface area (Å²) in [6.45, 7) is 4.66. The highest BCUT2D eigenvalue weighted by Gasteiger charge is 2.30. The van der Waals surface area contributed by atoms with Gasteiger partial charge in [0.05, 0.1) is 19.3 Å². The van der Waals surface area contributed by atoms with Gasteiger partial charge in [-0.15, -0.1) is 10.2 Å². The molecule has 0 aliphatic carbocycles. The van der Waals surface area contributed by atoms with Gasteiger partial charge in [-0.2, -0.15) is 0 Å². The van der Waals surface area contributed by atoms with E-state index in [1.54, 1.807) is 7.11 Å². The second-order valence-corrected chi connectivity index (χ2v) is 4.29. The summed E-state index contributed by atoms with van der Waals surface area (Å²) in [4.78, 5) is 0. The number of nitrogens with two attached hydrogens (primary N) is 1. The standard InChI is InChI=1S/C11H20N4O2/c1-8-9(3-5-17-8)11-14-13-10(7-12)15(11)4-6-16-2/h8-9H,3-7,12H2,1-2H3. The Morgan fingerprint density at radius 2 is 2.35 bits per heavy atom. The Morgan fingerprint density at radius 3 is 2.94 bits per heavy atom. The molecule has 2 N–H and O–H groups in total. The van der Waals surface area contributed by atoms with Gasteiger partial charge in [0.15, 0.2) is 0 Å². The monoisotopic (exact) mass is 240 g/mol. The molecule has 1 aliphatic heterocycles. The summed E-state index contributed by atoms with van der Waals surface area (Å²) in [7, 11) is 1.69. The summed E-state index contributed by atoms with van der Waals surface area (Å²) in [5.74, 6) is 2.11. The van der Waals surface area contributed by atoms with E-state index >= 15 is 0 Å². The molecular weight excluding hydrogens is 220 g/mol. The minimum Gasteiger partial charge on any atom is -0.383 e. The van der Waals surface area contributed by atoms with E-state index in [0.717, 1.165) is 31.2 Å². The summed E-state index contributed by atoms with van der Waals surface area (Å²) >= 11 is 0. The molecule has 6 heteroatoms. The number of hydrogen-bond donors (Lipinski definition) is 1. The summed E-state index contributed by atoms with van der Waals surface area (Å²) in [6, 6.07) is 0. The van der Waals surface area contributed by atoms with Gasteiger partial charge in [0, 0.05) is 26.2 Å². The fourth-order valence-electron chi connectivity index (χ4n) is 2.27. The van der Waals surface area contributed by atoms with E-state index in [9.17, 15) is 0 Å². The average molecular weight is 240 g/mol. The lowest BCUT2D eigenvalue weighted by molar-refractivity contribution is 0.116. The number of ether oxygens (including phenoxy) is 2. The van der Waals surface area contributed by atoms with Crippen LogP contribution in [0.1, 0.15) is 30.9 Å². The Labute approximate surface area is 101 Å². The zero-order valence-electron chi connectivity index (χ0n) is 10.4. The van der Waals surface area contributed by atoms with Crippen LogP contribution >= 0.6 is 0 Å². The summed E-state index contributed by atoms with van der Waals surface area (Å²) in [6.07, 6.45) is 1.20. The van der Waals surface area contributed by atoms with Crippen LogP contribution in [0.25, 0.3) is 0 Å². The van der Waals surface area contributed by atoms with Crippen molar-refractivity contribution in [3.63, 3.8) is 0 Å². The van der Waals surface area contributed by atoms with E-state index in [-0.39, 0.29) is 6.10 Å². The molecule has 1 aliphatic rings. The second kappa shape index (κ2) is 5.57. The topological polar surface area (TPSA) is 75.2 Å². The molecule has 0 aromatic carbocycles. The predicted molar refractivity (Wildman–Crippen MR) is 62.6 cm³/mol. The number of methoxy groups -OCH3 is 1. The zero-order valence-corrected chi connectivity index (χ0v) is 10.4. The molecule has 0 amide bonds. The molecule has 1 fully saturated rings. The van der Waals surface area contributed by atoms with Crippen molar-refractivity contribution in [1.29, 1.82) is 0 Å². The predicted octanol–water partition coefficient (Wildman–Crippen LogP) is 0.276. The Balaban J connectivity index is 2.23. The van der Waals surface area contributed by atoms with Crippen LogP contribution in [-0.2, 0) is 22.6 Å². The van der Waals surface area contributed by atoms with E-state index in [1.807, 2.05) is 0 Å². The molecule has 2 unspecified atom stereocenters. The first-order valence-corrected chi connectivity index (χ1v) is 6.00. The normalized spacial score (nSPS) is 24.4. The molecule has 1 saturated heterocycles. The highest BCUT2D eigenvalue weighted by Crippen LogP contribution is 2.30. The molecular formula is C11H20N4O2. The van der Waals surface area contributed by atoms with Crippen molar-refractivity contribution >= 4 is 0 Å². The molecule has 0 spiro atoms. The molecule has 2 rings (SSSR count). The van der Waals surface area contributed by atoms with Crippen molar-refractivity contribution in [1.82, 2.24) is 14.8 Å². The first-order chi connectivity index (χ1) is 8.27. The first-order valence-electron chi connectivity index (χ1n) is 6.00. The van der Waals surface area contributed by atoms with Crippen molar-refractivity contribution in [2.75, 3.05) is 20.3 Å². The van der Waals surface area contributed by atoms with Crippen molar-refractivity contribution in [3.8, 4) is 0 Å². The smallest absolute Gasteiger partial charge is 0.146 e. The molecule has 1 aromatic rings. The van der Waals surface area contributed by atoms with Gasteiger partial charge in [-0.05, 0) is 13.3 Å². The number of nitrogens with zero attached hydrogens (tertiary/aromatic N) is 3. The molecule has 2 heterocycles. The third-order valence-electron chi connectivity index (χ3n) is 3.27. The van der Waals surface area contributed by atoms with E-state index in [0.29, 0.717) is 19.1 Å². The molecule has 2 atom stereocenters. The summed E-state index contributed by atoms with van der Waals surface area (Å²) in [5, 5.41) is 8.41. The highest BCUT2D eigenvalue weighted by atomic mass is 16.5.